The Morgan fingerprint density at radius 3 is 2.50 bits per heavy atom. The molecule has 0 radical (unpaired) electrons. The minimum atomic E-state index is -0.522. The van der Waals surface area contributed by atoms with Crippen molar-refractivity contribution in [1.82, 2.24) is 15.4 Å². The van der Waals surface area contributed by atoms with E-state index < -0.39 is 5.82 Å². The molecular weight excluding hydrogens is 416 g/mol. The molecule has 1 aliphatic rings. The van der Waals surface area contributed by atoms with Gasteiger partial charge in [0.05, 0.1) is 11.3 Å². The van der Waals surface area contributed by atoms with Crippen LogP contribution in [0.1, 0.15) is 50.9 Å². The fourth-order valence-corrected chi connectivity index (χ4v) is 3.83. The first kappa shape index (κ1) is 21.7. The normalized spacial score (nSPS) is 14.4. The maximum Gasteiger partial charge on any atom is 0.289 e. The van der Waals surface area contributed by atoms with E-state index in [1.165, 1.54) is 24.3 Å². The van der Waals surface area contributed by atoms with Crippen LogP contribution in [0, 0.1) is 11.6 Å². The second-order valence-corrected chi connectivity index (χ2v) is 7.79. The van der Waals surface area contributed by atoms with Crippen molar-refractivity contribution in [3.8, 4) is 0 Å². The van der Waals surface area contributed by atoms with Crippen LogP contribution in [0.3, 0.4) is 0 Å². The zero-order valence-corrected chi connectivity index (χ0v) is 17.4. The Bertz CT molecular complexity index is 1090. The molecule has 0 bridgehead atoms. The van der Waals surface area contributed by atoms with E-state index in [1.54, 1.807) is 35.2 Å². The van der Waals surface area contributed by atoms with Gasteiger partial charge in [0.25, 0.3) is 11.8 Å². The highest BCUT2D eigenvalue weighted by Crippen LogP contribution is 2.28. The van der Waals surface area contributed by atoms with Crippen LogP contribution in [0.5, 0.6) is 0 Å². The number of carbonyl (C=O) groups is 2. The number of halogens is 2. The first-order valence-electron chi connectivity index (χ1n) is 10.5. The Kier molecular flexibility index (Phi) is 6.58. The van der Waals surface area contributed by atoms with Gasteiger partial charge in [-0.2, -0.15) is 0 Å². The molecule has 32 heavy (non-hydrogen) atoms. The Morgan fingerprint density at radius 1 is 1.06 bits per heavy atom. The van der Waals surface area contributed by atoms with Gasteiger partial charge in [-0.25, -0.2) is 8.78 Å². The largest absolute Gasteiger partial charge is 0.351 e. The highest BCUT2D eigenvalue weighted by molar-refractivity contribution is 5.94. The van der Waals surface area contributed by atoms with E-state index >= 15 is 0 Å². The van der Waals surface area contributed by atoms with Crippen molar-refractivity contribution in [2.75, 3.05) is 19.6 Å². The standard InChI is InChI=1S/C24H23F2N3O3/c25-18-7-5-16(6-8-18)9-12-27-23(30)22-15-21(28-32-22)17-10-13-29(14-11-17)24(31)19-3-1-2-4-20(19)26/h1-8,15,17H,9-14H2,(H,27,30). The monoisotopic (exact) mass is 439 g/mol. The Labute approximate surface area is 184 Å². The van der Waals surface area contributed by atoms with E-state index in [2.05, 4.69) is 10.5 Å². The molecule has 6 nitrogen and oxygen atoms in total. The fraction of sp³-hybridized carbons (Fsp3) is 0.292. The predicted molar refractivity (Wildman–Crippen MR) is 113 cm³/mol. The van der Waals surface area contributed by atoms with Crippen LogP contribution >= 0.6 is 0 Å². The highest BCUT2D eigenvalue weighted by atomic mass is 19.1. The van der Waals surface area contributed by atoms with Crippen LogP contribution in [0.2, 0.25) is 0 Å². The quantitative estimate of drug-likeness (QED) is 0.631. The number of nitrogens with one attached hydrogen (secondary N) is 1. The first-order valence-corrected chi connectivity index (χ1v) is 10.5. The molecule has 0 saturated carbocycles. The van der Waals surface area contributed by atoms with Crippen molar-refractivity contribution in [2.45, 2.75) is 25.2 Å². The summed E-state index contributed by atoms with van der Waals surface area (Å²) in [5, 5.41) is 6.81. The van der Waals surface area contributed by atoms with Crippen LogP contribution in [0.25, 0.3) is 0 Å². The molecule has 4 rings (SSSR count). The summed E-state index contributed by atoms with van der Waals surface area (Å²) in [4.78, 5) is 26.5. The molecule has 8 heteroatoms. The van der Waals surface area contributed by atoms with E-state index in [-0.39, 0.29) is 34.9 Å². The molecule has 1 aliphatic heterocycles. The number of likely N-dealkylation sites (tertiary alicyclic amines) is 1. The number of piperidine rings is 1. The lowest BCUT2D eigenvalue weighted by Gasteiger charge is -2.31. The summed E-state index contributed by atoms with van der Waals surface area (Å²) in [5.41, 5.74) is 1.67. The van der Waals surface area contributed by atoms with Crippen LogP contribution in [-0.4, -0.2) is 41.5 Å². The van der Waals surface area contributed by atoms with Gasteiger partial charge in [-0.05, 0) is 49.1 Å². The Balaban J connectivity index is 1.27. The number of hydrogen-bond acceptors (Lipinski definition) is 4. The summed E-state index contributed by atoms with van der Waals surface area (Å²) in [5.74, 6) is -1.31. The van der Waals surface area contributed by atoms with E-state index in [0.717, 1.165) is 5.56 Å². The molecule has 2 amide bonds. The van der Waals surface area contributed by atoms with Gasteiger partial charge in [0.2, 0.25) is 5.76 Å². The Hall–Kier alpha value is -3.55. The van der Waals surface area contributed by atoms with Gasteiger partial charge in [0, 0.05) is 31.6 Å². The smallest absolute Gasteiger partial charge is 0.289 e. The van der Waals surface area contributed by atoms with E-state index in [4.69, 9.17) is 4.52 Å². The molecule has 1 fully saturated rings. The number of hydrogen-bond donors (Lipinski definition) is 1. The summed E-state index contributed by atoms with van der Waals surface area (Å²) in [6.07, 6.45) is 1.87. The number of aromatic nitrogens is 1. The van der Waals surface area contributed by atoms with Crippen molar-refractivity contribution >= 4 is 11.8 Å². The lowest BCUT2D eigenvalue weighted by atomic mass is 9.93. The minimum Gasteiger partial charge on any atom is -0.351 e. The fourth-order valence-electron chi connectivity index (χ4n) is 3.83. The van der Waals surface area contributed by atoms with Crippen LogP contribution in [-0.2, 0) is 6.42 Å². The second-order valence-electron chi connectivity index (χ2n) is 7.79. The first-order chi connectivity index (χ1) is 15.5. The molecule has 2 aromatic carbocycles. The van der Waals surface area contributed by atoms with Gasteiger partial charge < -0.3 is 14.7 Å². The third-order valence-electron chi connectivity index (χ3n) is 5.67. The molecule has 0 unspecified atom stereocenters. The molecule has 1 aromatic heterocycles. The van der Waals surface area contributed by atoms with E-state index in [9.17, 15) is 18.4 Å². The van der Waals surface area contributed by atoms with Crippen LogP contribution < -0.4 is 5.32 Å². The van der Waals surface area contributed by atoms with Crippen molar-refractivity contribution in [1.29, 1.82) is 0 Å². The maximum absolute atomic E-state index is 13.9. The van der Waals surface area contributed by atoms with Crippen LogP contribution in [0.4, 0.5) is 8.78 Å². The predicted octanol–water partition coefficient (Wildman–Crippen LogP) is 3.95. The molecule has 166 valence electrons. The summed E-state index contributed by atoms with van der Waals surface area (Å²) in [6.45, 7) is 1.34. The molecule has 0 aliphatic carbocycles. The topological polar surface area (TPSA) is 75.4 Å². The zero-order valence-electron chi connectivity index (χ0n) is 17.4. The van der Waals surface area contributed by atoms with Crippen molar-refractivity contribution < 1.29 is 22.9 Å². The van der Waals surface area contributed by atoms with Crippen molar-refractivity contribution in [3.63, 3.8) is 0 Å². The number of carbonyl (C=O) groups excluding carboxylic acids is 2. The second kappa shape index (κ2) is 9.72. The van der Waals surface area contributed by atoms with E-state index in [1.807, 2.05) is 0 Å². The van der Waals surface area contributed by atoms with Gasteiger partial charge >= 0.3 is 0 Å². The minimum absolute atomic E-state index is 0.0594. The summed E-state index contributed by atoms with van der Waals surface area (Å²) in [7, 11) is 0. The number of amides is 2. The molecular formula is C24H23F2N3O3. The summed E-state index contributed by atoms with van der Waals surface area (Å²) >= 11 is 0. The molecule has 1 N–H and O–H groups in total. The zero-order chi connectivity index (χ0) is 22.5. The third-order valence-corrected chi connectivity index (χ3v) is 5.67. The molecule has 3 aromatic rings. The van der Waals surface area contributed by atoms with Crippen LogP contribution in [0.15, 0.2) is 59.1 Å². The van der Waals surface area contributed by atoms with Crippen molar-refractivity contribution in [3.05, 3.63) is 88.8 Å². The third kappa shape index (κ3) is 5.01. The van der Waals surface area contributed by atoms with Gasteiger partial charge in [-0.1, -0.05) is 29.4 Å². The highest BCUT2D eigenvalue weighted by Gasteiger charge is 2.28. The Morgan fingerprint density at radius 2 is 1.78 bits per heavy atom. The molecule has 0 spiro atoms. The summed E-state index contributed by atoms with van der Waals surface area (Å²) < 4.78 is 32.1. The lowest BCUT2D eigenvalue weighted by Crippen LogP contribution is -2.38. The SMILES string of the molecule is O=C(NCCc1ccc(F)cc1)c1cc(C2CCN(C(=O)c3ccccc3F)CC2)no1. The average Bonchev–Trinajstić information content (AvgIpc) is 3.31. The molecule has 0 atom stereocenters. The summed E-state index contributed by atoms with van der Waals surface area (Å²) in [6, 6.07) is 13.7. The number of rotatable bonds is 6. The molecule has 1 saturated heterocycles. The average molecular weight is 439 g/mol. The molecule has 2 heterocycles. The van der Waals surface area contributed by atoms with Gasteiger partial charge in [0.1, 0.15) is 11.6 Å². The van der Waals surface area contributed by atoms with Gasteiger partial charge in [0.15, 0.2) is 0 Å². The van der Waals surface area contributed by atoms with Crippen molar-refractivity contribution in [2.24, 2.45) is 0 Å². The number of benzene rings is 2. The van der Waals surface area contributed by atoms with Gasteiger partial charge in [-0.3, -0.25) is 9.59 Å². The lowest BCUT2D eigenvalue weighted by molar-refractivity contribution is 0.0706. The number of nitrogens with zero attached hydrogens (tertiary/aromatic N) is 2. The van der Waals surface area contributed by atoms with Gasteiger partial charge in [-0.15, -0.1) is 0 Å². The van der Waals surface area contributed by atoms with E-state index in [0.29, 0.717) is 44.6 Å². The maximum atomic E-state index is 13.9.